The van der Waals surface area contributed by atoms with Gasteiger partial charge in [0.25, 0.3) is 5.91 Å². The van der Waals surface area contributed by atoms with Gasteiger partial charge in [0.2, 0.25) is 0 Å². The number of phenolic OH excluding ortho intramolecular Hbond substituents is 1. The van der Waals surface area contributed by atoms with Crippen LogP contribution in [-0.2, 0) is 0 Å². The number of carbonyl (C=O) groups is 1. The molecule has 0 saturated carbocycles. The van der Waals surface area contributed by atoms with Gasteiger partial charge in [-0.25, -0.2) is 4.98 Å². The van der Waals surface area contributed by atoms with E-state index in [1.165, 1.54) is 11.1 Å². The van der Waals surface area contributed by atoms with Crippen LogP contribution in [0.15, 0.2) is 42.6 Å². The first-order valence-corrected chi connectivity index (χ1v) is 5.82. The van der Waals surface area contributed by atoms with E-state index in [9.17, 15) is 9.90 Å². The summed E-state index contributed by atoms with van der Waals surface area (Å²) in [5.41, 5.74) is 1.22. The molecule has 5 heteroatoms. The van der Waals surface area contributed by atoms with Crippen molar-refractivity contribution < 1.29 is 9.90 Å². The third-order valence-electron chi connectivity index (χ3n) is 2.81. The van der Waals surface area contributed by atoms with Gasteiger partial charge in [-0.1, -0.05) is 0 Å². The average Bonchev–Trinajstić information content (AvgIpc) is 2.46. The summed E-state index contributed by atoms with van der Waals surface area (Å²) in [4.78, 5) is 17.9. The lowest BCUT2D eigenvalue weighted by atomic mass is 10.2. The van der Waals surface area contributed by atoms with Gasteiger partial charge in [0.1, 0.15) is 11.6 Å². The second kappa shape index (κ2) is 5.39. The molecule has 0 aliphatic rings. The molecule has 1 heterocycles. The summed E-state index contributed by atoms with van der Waals surface area (Å²) < 4.78 is 0. The van der Waals surface area contributed by atoms with Crippen LogP contribution in [0.1, 0.15) is 10.4 Å². The van der Waals surface area contributed by atoms with E-state index in [4.69, 9.17) is 0 Å². The highest BCUT2D eigenvalue weighted by Gasteiger charge is 2.13. The lowest BCUT2D eigenvalue weighted by Crippen LogP contribution is -2.26. The summed E-state index contributed by atoms with van der Waals surface area (Å²) in [5.74, 6) is 0.731. The molecule has 0 spiro atoms. The smallest absolute Gasteiger partial charge is 0.259 e. The molecule has 2 N–H and O–H groups in total. The first-order chi connectivity index (χ1) is 9.11. The van der Waals surface area contributed by atoms with Crippen LogP contribution in [0.5, 0.6) is 5.75 Å². The molecule has 0 radical (unpaired) electrons. The predicted octanol–water partition coefficient (Wildman–Crippen LogP) is 2.11. The van der Waals surface area contributed by atoms with Gasteiger partial charge in [-0.15, -0.1) is 0 Å². The minimum absolute atomic E-state index is 0.152. The van der Waals surface area contributed by atoms with Crippen molar-refractivity contribution in [3.8, 4) is 5.75 Å². The third-order valence-corrected chi connectivity index (χ3v) is 2.81. The molecular formula is C14H15N3O2. The number of nitrogens with one attached hydrogen (secondary N) is 1. The lowest BCUT2D eigenvalue weighted by Gasteiger charge is -2.17. The zero-order valence-corrected chi connectivity index (χ0v) is 10.8. The Bertz CT molecular complexity index is 564. The van der Waals surface area contributed by atoms with Crippen molar-refractivity contribution in [3.05, 3.63) is 48.2 Å². The third kappa shape index (κ3) is 2.82. The SMILES string of the molecule is CNc1ccc(C(=O)N(C)c2ccc(O)cc2)cn1. The highest BCUT2D eigenvalue weighted by atomic mass is 16.3. The molecule has 1 aromatic heterocycles. The number of nitrogens with zero attached hydrogens (tertiary/aromatic N) is 2. The van der Waals surface area contributed by atoms with E-state index < -0.39 is 0 Å². The van der Waals surface area contributed by atoms with Gasteiger partial charge in [0.05, 0.1) is 5.56 Å². The molecule has 0 aliphatic carbocycles. The van der Waals surface area contributed by atoms with Crippen LogP contribution in [0, 0.1) is 0 Å². The van der Waals surface area contributed by atoms with Crippen molar-refractivity contribution in [2.45, 2.75) is 0 Å². The van der Waals surface area contributed by atoms with Gasteiger partial charge >= 0.3 is 0 Å². The van der Waals surface area contributed by atoms with Crippen LogP contribution < -0.4 is 10.2 Å². The Balaban J connectivity index is 2.20. The number of carbonyl (C=O) groups excluding carboxylic acids is 1. The summed E-state index contributed by atoms with van der Waals surface area (Å²) in [6.07, 6.45) is 1.53. The highest BCUT2D eigenvalue weighted by Crippen LogP contribution is 2.19. The molecule has 2 aromatic rings. The topological polar surface area (TPSA) is 65.5 Å². The van der Waals surface area contributed by atoms with Crippen molar-refractivity contribution >= 4 is 17.4 Å². The zero-order valence-electron chi connectivity index (χ0n) is 10.8. The summed E-state index contributed by atoms with van der Waals surface area (Å²) in [7, 11) is 3.45. The van der Waals surface area contributed by atoms with E-state index >= 15 is 0 Å². The van der Waals surface area contributed by atoms with Crippen LogP contribution in [0.3, 0.4) is 0 Å². The predicted molar refractivity (Wildman–Crippen MR) is 74.6 cm³/mol. The first-order valence-electron chi connectivity index (χ1n) is 5.82. The van der Waals surface area contributed by atoms with Crippen LogP contribution in [0.4, 0.5) is 11.5 Å². The molecule has 5 nitrogen and oxygen atoms in total. The number of hydrogen-bond donors (Lipinski definition) is 2. The molecule has 0 bridgehead atoms. The maximum atomic E-state index is 12.2. The Hall–Kier alpha value is -2.56. The van der Waals surface area contributed by atoms with E-state index in [0.29, 0.717) is 17.1 Å². The van der Waals surface area contributed by atoms with Crippen molar-refractivity contribution in [1.82, 2.24) is 4.98 Å². The summed E-state index contributed by atoms with van der Waals surface area (Å²) >= 11 is 0. The van der Waals surface area contributed by atoms with Gasteiger partial charge in [-0.05, 0) is 36.4 Å². The molecule has 0 saturated heterocycles. The highest BCUT2D eigenvalue weighted by molar-refractivity contribution is 6.05. The number of benzene rings is 1. The molecule has 0 atom stereocenters. The number of hydrogen-bond acceptors (Lipinski definition) is 4. The fourth-order valence-electron chi connectivity index (χ4n) is 1.66. The van der Waals surface area contributed by atoms with Crippen molar-refractivity contribution in [2.75, 3.05) is 24.3 Å². The normalized spacial score (nSPS) is 10.0. The average molecular weight is 257 g/mol. The summed E-state index contributed by atoms with van der Waals surface area (Å²) in [6, 6.07) is 9.92. The molecule has 98 valence electrons. The Kier molecular flexibility index (Phi) is 3.66. The van der Waals surface area contributed by atoms with E-state index in [1.807, 2.05) is 0 Å². The van der Waals surface area contributed by atoms with Crippen LogP contribution >= 0.6 is 0 Å². The minimum Gasteiger partial charge on any atom is -0.508 e. The standard InChI is InChI=1S/C14H15N3O2/c1-15-13-8-3-10(9-16-13)14(19)17(2)11-4-6-12(18)7-5-11/h3-9,18H,1-2H3,(H,15,16). The van der Waals surface area contributed by atoms with Crippen molar-refractivity contribution in [3.63, 3.8) is 0 Å². The Morgan fingerprint density at radius 1 is 1.21 bits per heavy atom. The number of aromatic hydroxyl groups is 1. The van der Waals surface area contributed by atoms with E-state index in [0.717, 1.165) is 0 Å². The maximum absolute atomic E-state index is 12.2. The van der Waals surface area contributed by atoms with E-state index in [-0.39, 0.29) is 11.7 Å². The summed E-state index contributed by atoms with van der Waals surface area (Å²) in [6.45, 7) is 0. The fourth-order valence-corrected chi connectivity index (χ4v) is 1.66. The Morgan fingerprint density at radius 3 is 2.42 bits per heavy atom. The largest absolute Gasteiger partial charge is 0.508 e. The minimum atomic E-state index is -0.152. The number of amides is 1. The van der Waals surface area contributed by atoms with Gasteiger partial charge in [0, 0.05) is 26.0 Å². The van der Waals surface area contributed by atoms with Gasteiger partial charge in [-0.2, -0.15) is 0 Å². The van der Waals surface area contributed by atoms with Crippen molar-refractivity contribution in [1.29, 1.82) is 0 Å². The summed E-state index contributed by atoms with van der Waals surface area (Å²) in [5, 5.41) is 12.1. The van der Waals surface area contributed by atoms with Gasteiger partial charge < -0.3 is 15.3 Å². The van der Waals surface area contributed by atoms with Gasteiger partial charge in [0.15, 0.2) is 0 Å². The maximum Gasteiger partial charge on any atom is 0.259 e. The number of rotatable bonds is 3. The van der Waals surface area contributed by atoms with Crippen LogP contribution in [0.25, 0.3) is 0 Å². The zero-order chi connectivity index (χ0) is 13.8. The Labute approximate surface area is 111 Å². The molecule has 19 heavy (non-hydrogen) atoms. The van der Waals surface area contributed by atoms with E-state index in [2.05, 4.69) is 10.3 Å². The molecule has 1 amide bonds. The second-order valence-electron chi connectivity index (χ2n) is 4.06. The molecule has 0 unspecified atom stereocenters. The molecule has 0 fully saturated rings. The molecule has 1 aromatic carbocycles. The number of pyridine rings is 1. The second-order valence-corrected chi connectivity index (χ2v) is 4.06. The van der Waals surface area contributed by atoms with Crippen LogP contribution in [-0.4, -0.2) is 30.1 Å². The molecule has 0 aliphatic heterocycles. The molecular weight excluding hydrogens is 242 g/mol. The van der Waals surface area contributed by atoms with E-state index in [1.54, 1.807) is 50.5 Å². The number of aromatic nitrogens is 1. The Morgan fingerprint density at radius 2 is 1.89 bits per heavy atom. The molecule has 2 rings (SSSR count). The number of anilines is 2. The fraction of sp³-hybridized carbons (Fsp3) is 0.143. The van der Waals surface area contributed by atoms with Crippen LogP contribution in [0.2, 0.25) is 0 Å². The number of phenols is 1. The first kappa shape index (κ1) is 12.9. The lowest BCUT2D eigenvalue weighted by molar-refractivity contribution is 0.0992. The monoisotopic (exact) mass is 257 g/mol. The van der Waals surface area contributed by atoms with Crippen molar-refractivity contribution in [2.24, 2.45) is 0 Å². The quantitative estimate of drug-likeness (QED) is 0.883. The van der Waals surface area contributed by atoms with Gasteiger partial charge in [-0.3, -0.25) is 4.79 Å².